The Balaban J connectivity index is 3.19. The van der Waals surface area contributed by atoms with Gasteiger partial charge in [0, 0.05) is 37.6 Å². The Labute approximate surface area is 123 Å². The highest BCUT2D eigenvalue weighted by Crippen LogP contribution is 2.10. The Morgan fingerprint density at radius 3 is 2.38 bits per heavy atom. The molecule has 0 aliphatic carbocycles. The highest BCUT2D eigenvalue weighted by atomic mass is 32.2. The van der Waals surface area contributed by atoms with Crippen molar-refractivity contribution in [3.8, 4) is 0 Å². The molecule has 1 rings (SSSR count). The zero-order valence-corrected chi connectivity index (χ0v) is 13.3. The molecule has 0 aromatic carbocycles. The summed E-state index contributed by atoms with van der Waals surface area (Å²) in [4.78, 5) is 26.5. The minimum absolute atomic E-state index is 0.0644. The molecular weight excluding hydrogens is 298 g/mol. The third-order valence-corrected chi connectivity index (χ3v) is 5.04. The monoisotopic (exact) mass is 317 g/mol. The molecule has 0 bridgehead atoms. The Kier molecular flexibility index (Phi) is 5.24. The van der Waals surface area contributed by atoms with Gasteiger partial charge in [-0.15, -0.1) is 0 Å². The second kappa shape index (κ2) is 6.35. The van der Waals surface area contributed by atoms with Crippen LogP contribution in [0.3, 0.4) is 0 Å². The highest BCUT2D eigenvalue weighted by molar-refractivity contribution is 7.89. The maximum absolute atomic E-state index is 11.9. The van der Waals surface area contributed by atoms with Gasteiger partial charge in [-0.2, -0.15) is 4.98 Å². The van der Waals surface area contributed by atoms with E-state index in [9.17, 15) is 18.0 Å². The Bertz CT molecular complexity index is 706. The van der Waals surface area contributed by atoms with Crippen molar-refractivity contribution in [1.29, 1.82) is 0 Å². The first-order valence-electron chi connectivity index (χ1n) is 6.25. The van der Waals surface area contributed by atoms with Gasteiger partial charge >= 0.3 is 11.7 Å². The van der Waals surface area contributed by atoms with E-state index in [4.69, 9.17) is 5.11 Å². The summed E-state index contributed by atoms with van der Waals surface area (Å²) in [5, 5.41) is 8.89. The number of carboxylic acid groups (broad SMARTS) is 1. The van der Waals surface area contributed by atoms with E-state index >= 15 is 0 Å². The minimum atomic E-state index is -3.45. The van der Waals surface area contributed by atoms with Crippen LogP contribution in [0.1, 0.15) is 17.0 Å². The van der Waals surface area contributed by atoms with Gasteiger partial charge in [-0.3, -0.25) is 9.36 Å². The van der Waals surface area contributed by atoms with Crippen molar-refractivity contribution >= 4 is 16.0 Å². The first kappa shape index (κ1) is 17.3. The molecule has 0 spiro atoms. The van der Waals surface area contributed by atoms with Gasteiger partial charge in [-0.25, -0.2) is 17.5 Å². The van der Waals surface area contributed by atoms with Crippen LogP contribution in [0, 0.1) is 13.8 Å². The van der Waals surface area contributed by atoms with Crippen LogP contribution in [-0.4, -0.2) is 53.2 Å². The summed E-state index contributed by atoms with van der Waals surface area (Å²) >= 11 is 0. The van der Waals surface area contributed by atoms with Crippen LogP contribution in [0.15, 0.2) is 4.79 Å². The number of rotatable bonds is 6. The Morgan fingerprint density at radius 2 is 1.90 bits per heavy atom. The molecule has 1 aromatic heterocycles. The summed E-state index contributed by atoms with van der Waals surface area (Å²) in [6.07, 6.45) is -0.259. The first-order chi connectivity index (χ1) is 9.56. The molecule has 8 nitrogen and oxygen atoms in total. The van der Waals surface area contributed by atoms with Gasteiger partial charge in [-0.05, 0) is 13.8 Å². The fourth-order valence-electron chi connectivity index (χ4n) is 1.90. The first-order valence-corrected chi connectivity index (χ1v) is 7.86. The van der Waals surface area contributed by atoms with Crippen LogP contribution in [-0.2, 0) is 27.8 Å². The average molecular weight is 317 g/mol. The molecule has 9 heteroatoms. The van der Waals surface area contributed by atoms with E-state index in [2.05, 4.69) is 4.98 Å². The van der Waals surface area contributed by atoms with Crippen LogP contribution < -0.4 is 5.69 Å². The largest absolute Gasteiger partial charge is 0.481 e. The van der Waals surface area contributed by atoms with Gasteiger partial charge in [0.05, 0.1) is 12.2 Å². The fraction of sp³-hybridized carbons (Fsp3) is 0.583. The van der Waals surface area contributed by atoms with E-state index < -0.39 is 21.7 Å². The molecular formula is C12H19N3O5S. The lowest BCUT2D eigenvalue weighted by Crippen LogP contribution is -2.33. The number of aromatic nitrogens is 2. The highest BCUT2D eigenvalue weighted by Gasteiger charge is 2.18. The summed E-state index contributed by atoms with van der Waals surface area (Å²) in [5.74, 6) is -1.29. The Morgan fingerprint density at radius 1 is 1.33 bits per heavy atom. The second-order valence-electron chi connectivity index (χ2n) is 4.86. The van der Waals surface area contributed by atoms with Gasteiger partial charge in [0.25, 0.3) is 0 Å². The van der Waals surface area contributed by atoms with Crippen LogP contribution in [0.2, 0.25) is 0 Å². The van der Waals surface area contributed by atoms with Gasteiger partial charge in [0.1, 0.15) is 0 Å². The molecule has 0 fully saturated rings. The van der Waals surface area contributed by atoms with Crippen LogP contribution in [0.5, 0.6) is 0 Å². The molecule has 1 aromatic rings. The van der Waals surface area contributed by atoms with E-state index in [0.29, 0.717) is 17.0 Å². The number of aliphatic carboxylic acids is 1. The molecule has 1 heterocycles. The second-order valence-corrected chi connectivity index (χ2v) is 7.17. The van der Waals surface area contributed by atoms with Gasteiger partial charge in [0.2, 0.25) is 10.0 Å². The maximum atomic E-state index is 11.9. The summed E-state index contributed by atoms with van der Waals surface area (Å²) in [5.41, 5.74) is 0.646. The van der Waals surface area contributed by atoms with Crippen LogP contribution in [0.4, 0.5) is 0 Å². The smallest absolute Gasteiger partial charge is 0.348 e. The molecule has 0 radical (unpaired) electrons. The number of carboxylic acids is 1. The topological polar surface area (TPSA) is 110 Å². The van der Waals surface area contributed by atoms with Crippen molar-refractivity contribution in [2.75, 3.05) is 19.8 Å². The van der Waals surface area contributed by atoms with Crippen molar-refractivity contribution < 1.29 is 18.3 Å². The van der Waals surface area contributed by atoms with Gasteiger partial charge in [-0.1, -0.05) is 0 Å². The number of nitrogens with zero attached hydrogens (tertiary/aromatic N) is 3. The van der Waals surface area contributed by atoms with Gasteiger partial charge < -0.3 is 5.11 Å². The molecule has 0 saturated heterocycles. The summed E-state index contributed by atoms with van der Waals surface area (Å²) in [6, 6.07) is 0. The molecule has 0 atom stereocenters. The lowest BCUT2D eigenvalue weighted by Gasteiger charge is -2.16. The van der Waals surface area contributed by atoms with Crippen molar-refractivity contribution in [2.45, 2.75) is 26.8 Å². The predicted molar refractivity (Wildman–Crippen MR) is 76.8 cm³/mol. The van der Waals surface area contributed by atoms with E-state index in [1.165, 1.54) is 18.7 Å². The van der Waals surface area contributed by atoms with Crippen molar-refractivity contribution in [1.82, 2.24) is 13.9 Å². The molecule has 0 aliphatic rings. The predicted octanol–water partition coefficient (Wildman–Crippen LogP) is -0.621. The molecule has 21 heavy (non-hydrogen) atoms. The van der Waals surface area contributed by atoms with E-state index in [1.54, 1.807) is 13.8 Å². The number of hydrogen-bond donors (Lipinski definition) is 1. The van der Waals surface area contributed by atoms with E-state index in [-0.39, 0.29) is 18.7 Å². The van der Waals surface area contributed by atoms with Crippen molar-refractivity contribution in [3.63, 3.8) is 0 Å². The third kappa shape index (κ3) is 4.11. The molecule has 1 N–H and O–H groups in total. The zero-order chi connectivity index (χ0) is 16.4. The number of sulfonamides is 1. The summed E-state index contributed by atoms with van der Waals surface area (Å²) in [7, 11) is -0.625. The van der Waals surface area contributed by atoms with E-state index in [1.807, 2.05) is 0 Å². The molecule has 0 aliphatic heterocycles. The molecule has 118 valence electrons. The quantitative estimate of drug-likeness (QED) is 0.749. The molecule has 0 saturated carbocycles. The van der Waals surface area contributed by atoms with Gasteiger partial charge in [0.15, 0.2) is 0 Å². The fourth-order valence-corrected chi connectivity index (χ4v) is 2.68. The molecule has 0 amide bonds. The number of carbonyl (C=O) groups is 1. The number of aryl methyl sites for hydroxylation is 1. The average Bonchev–Trinajstić information content (AvgIpc) is 2.33. The Hall–Kier alpha value is -1.74. The number of hydrogen-bond acceptors (Lipinski definition) is 5. The van der Waals surface area contributed by atoms with Crippen molar-refractivity contribution in [2.24, 2.45) is 0 Å². The molecule has 0 unspecified atom stereocenters. The SMILES string of the molecule is Cc1nc(=O)n(CCS(=O)(=O)N(C)C)c(C)c1CC(=O)O. The standard InChI is InChI=1S/C12H19N3O5S/c1-8-10(7-11(16)17)9(2)15(12(18)13-8)5-6-21(19,20)14(3)4/h5-7H2,1-4H3,(H,16,17). The van der Waals surface area contributed by atoms with Crippen LogP contribution >= 0.6 is 0 Å². The summed E-state index contributed by atoms with van der Waals surface area (Å²) in [6.45, 7) is 3.09. The van der Waals surface area contributed by atoms with E-state index in [0.717, 1.165) is 4.31 Å². The van der Waals surface area contributed by atoms with Crippen molar-refractivity contribution in [3.05, 3.63) is 27.4 Å². The lowest BCUT2D eigenvalue weighted by molar-refractivity contribution is -0.136. The zero-order valence-electron chi connectivity index (χ0n) is 12.5. The lowest BCUT2D eigenvalue weighted by atomic mass is 10.1. The maximum Gasteiger partial charge on any atom is 0.348 e. The minimum Gasteiger partial charge on any atom is -0.481 e. The summed E-state index contributed by atoms with van der Waals surface area (Å²) < 4.78 is 25.8. The third-order valence-electron chi connectivity index (χ3n) is 3.23. The van der Waals surface area contributed by atoms with Crippen LogP contribution in [0.25, 0.3) is 0 Å². The normalized spacial score (nSPS) is 11.9.